The Bertz CT molecular complexity index is 381. The van der Waals surface area contributed by atoms with E-state index < -0.39 is 28.7 Å². The Morgan fingerprint density at radius 3 is 2.57 bits per heavy atom. The van der Waals surface area contributed by atoms with Crippen molar-refractivity contribution in [2.24, 2.45) is 0 Å². The van der Waals surface area contributed by atoms with Gasteiger partial charge in [-0.3, -0.25) is 4.79 Å². The van der Waals surface area contributed by atoms with Gasteiger partial charge in [0.2, 0.25) is 0 Å². The molecule has 0 saturated heterocycles. The highest BCUT2D eigenvalue weighted by Gasteiger charge is 2.18. The van der Waals surface area contributed by atoms with Gasteiger partial charge in [0, 0.05) is 0 Å². The molecule has 0 radical (unpaired) electrons. The van der Waals surface area contributed by atoms with E-state index >= 15 is 0 Å². The Morgan fingerprint density at radius 1 is 1.57 bits per heavy atom. The van der Waals surface area contributed by atoms with E-state index in [0.29, 0.717) is 6.07 Å². The van der Waals surface area contributed by atoms with E-state index in [-0.39, 0.29) is 5.69 Å². The Morgan fingerprint density at radius 2 is 2.14 bits per heavy atom. The van der Waals surface area contributed by atoms with Gasteiger partial charge in [0.25, 0.3) is 11.7 Å². The molecular weight excluding hydrogens is 219 g/mol. The summed E-state index contributed by atoms with van der Waals surface area (Å²) in [7, 11) is 0. The van der Waals surface area contributed by atoms with Crippen LogP contribution in [0.2, 0.25) is 0 Å². The van der Waals surface area contributed by atoms with E-state index in [4.69, 9.17) is 11.6 Å². The number of nitrogens with zero attached hydrogens (tertiary/aromatic N) is 1. The summed E-state index contributed by atoms with van der Waals surface area (Å²) in [6.45, 7) is 1.19. The van der Waals surface area contributed by atoms with Crippen molar-refractivity contribution in [3.63, 3.8) is 0 Å². The number of pyridine rings is 1. The molecular formula is C8H5ClF3NO. The molecule has 0 aliphatic heterocycles. The summed E-state index contributed by atoms with van der Waals surface area (Å²) in [5.41, 5.74) is -1.51. The second kappa shape index (κ2) is 3.96. The first-order valence-electron chi connectivity index (χ1n) is 3.58. The summed E-state index contributed by atoms with van der Waals surface area (Å²) in [6, 6.07) is 0.655. The van der Waals surface area contributed by atoms with Gasteiger partial charge >= 0.3 is 0 Å². The topological polar surface area (TPSA) is 30.0 Å². The molecule has 2 nitrogen and oxygen atoms in total. The molecule has 1 rings (SSSR count). The van der Waals surface area contributed by atoms with Crippen molar-refractivity contribution in [1.29, 1.82) is 0 Å². The zero-order valence-electron chi connectivity index (χ0n) is 7.02. The van der Waals surface area contributed by atoms with Crippen molar-refractivity contribution in [3.05, 3.63) is 28.8 Å². The number of hydrogen-bond acceptors (Lipinski definition) is 2. The average molecular weight is 224 g/mol. The first-order valence-corrected chi connectivity index (χ1v) is 3.96. The summed E-state index contributed by atoms with van der Waals surface area (Å²) < 4.78 is 37.4. The van der Waals surface area contributed by atoms with E-state index in [2.05, 4.69) is 4.98 Å². The molecule has 14 heavy (non-hydrogen) atoms. The molecule has 0 aliphatic carbocycles. The molecule has 0 aliphatic rings. The summed E-state index contributed by atoms with van der Waals surface area (Å²) in [6.07, 6.45) is -2.86. The minimum atomic E-state index is -2.86. The van der Waals surface area contributed by atoms with E-state index in [1.165, 1.54) is 6.92 Å². The van der Waals surface area contributed by atoms with Crippen LogP contribution in [0.25, 0.3) is 0 Å². The van der Waals surface area contributed by atoms with Crippen molar-refractivity contribution in [3.8, 4) is 0 Å². The van der Waals surface area contributed by atoms with Crippen LogP contribution < -0.4 is 0 Å². The van der Waals surface area contributed by atoms with Crippen molar-refractivity contribution in [2.45, 2.75) is 13.3 Å². The predicted molar refractivity (Wildman–Crippen MR) is 44.1 cm³/mol. The van der Waals surface area contributed by atoms with Crippen molar-refractivity contribution in [2.75, 3.05) is 0 Å². The number of halogens is 4. The molecule has 1 aromatic heterocycles. The highest BCUT2D eigenvalue weighted by atomic mass is 35.5. The predicted octanol–water partition coefficient (Wildman–Crippen LogP) is 2.85. The number of rotatable bonds is 2. The van der Waals surface area contributed by atoms with Crippen LogP contribution in [0.15, 0.2) is 6.07 Å². The molecule has 76 valence electrons. The highest BCUT2D eigenvalue weighted by molar-refractivity contribution is 6.67. The van der Waals surface area contributed by atoms with Gasteiger partial charge in [-0.25, -0.2) is 18.2 Å². The number of alkyl halides is 2. The van der Waals surface area contributed by atoms with E-state index in [1.807, 2.05) is 0 Å². The van der Waals surface area contributed by atoms with Crippen molar-refractivity contribution < 1.29 is 18.0 Å². The molecule has 0 bridgehead atoms. The fourth-order valence-electron chi connectivity index (χ4n) is 0.936. The zero-order valence-corrected chi connectivity index (χ0v) is 7.78. The van der Waals surface area contributed by atoms with Crippen LogP contribution in [0.4, 0.5) is 13.2 Å². The molecule has 0 unspecified atom stereocenters. The van der Waals surface area contributed by atoms with E-state index in [0.717, 1.165) is 0 Å². The first-order chi connectivity index (χ1) is 6.43. The molecule has 0 N–H and O–H groups in total. The Balaban J connectivity index is 3.35. The van der Waals surface area contributed by atoms with Gasteiger partial charge in [-0.1, -0.05) is 0 Å². The molecule has 0 aromatic carbocycles. The molecule has 0 fully saturated rings. The average Bonchev–Trinajstić information content (AvgIpc) is 2.08. The molecule has 0 atom stereocenters. The van der Waals surface area contributed by atoms with Crippen LogP contribution in [0.3, 0.4) is 0 Å². The fourth-order valence-corrected chi connectivity index (χ4v) is 1.07. The maximum Gasteiger partial charge on any atom is 0.280 e. The summed E-state index contributed by atoms with van der Waals surface area (Å²) in [4.78, 5) is 13.9. The molecule has 1 aromatic rings. The number of carbonyl (C=O) groups is 1. The molecule has 0 amide bonds. The van der Waals surface area contributed by atoms with Crippen LogP contribution in [0, 0.1) is 12.7 Å². The summed E-state index contributed by atoms with van der Waals surface area (Å²) >= 11 is 5.01. The highest BCUT2D eigenvalue weighted by Crippen LogP contribution is 2.21. The third-order valence-corrected chi connectivity index (χ3v) is 1.78. The first kappa shape index (κ1) is 11.0. The Kier molecular flexibility index (Phi) is 3.10. The molecule has 0 spiro atoms. The number of aromatic nitrogens is 1. The van der Waals surface area contributed by atoms with Gasteiger partial charge < -0.3 is 0 Å². The van der Waals surface area contributed by atoms with Gasteiger partial charge in [-0.15, -0.1) is 0 Å². The Hall–Kier alpha value is -1.10. The quantitative estimate of drug-likeness (QED) is 0.722. The largest absolute Gasteiger partial charge is 0.280 e. The minimum Gasteiger partial charge on any atom is -0.275 e. The van der Waals surface area contributed by atoms with Gasteiger partial charge in [-0.05, 0) is 24.6 Å². The standard InChI is InChI=1S/C8H5ClF3NO/c1-3-6(10)4(7(9)14)2-5(13-3)8(11)12/h2,8H,1H3. The summed E-state index contributed by atoms with van der Waals surface area (Å²) in [5.74, 6) is -0.964. The molecule has 6 heteroatoms. The zero-order chi connectivity index (χ0) is 10.9. The van der Waals surface area contributed by atoms with Crippen LogP contribution >= 0.6 is 11.6 Å². The van der Waals surface area contributed by atoms with Crippen molar-refractivity contribution in [1.82, 2.24) is 4.98 Å². The normalized spacial score (nSPS) is 10.7. The SMILES string of the molecule is Cc1nc(C(F)F)cc(C(=O)Cl)c1F. The van der Waals surface area contributed by atoms with Gasteiger partial charge in [-0.2, -0.15) is 0 Å². The lowest BCUT2D eigenvalue weighted by molar-refractivity contribution is 0.107. The van der Waals surface area contributed by atoms with E-state index in [1.54, 1.807) is 0 Å². The lowest BCUT2D eigenvalue weighted by atomic mass is 10.2. The van der Waals surface area contributed by atoms with Crippen LogP contribution in [0.1, 0.15) is 28.2 Å². The smallest absolute Gasteiger partial charge is 0.275 e. The number of carbonyl (C=O) groups excluding carboxylic acids is 1. The Labute approximate surface area is 82.7 Å². The van der Waals surface area contributed by atoms with E-state index in [9.17, 15) is 18.0 Å². The second-order valence-corrected chi connectivity index (χ2v) is 2.91. The van der Waals surface area contributed by atoms with Crippen molar-refractivity contribution >= 4 is 16.8 Å². The maximum atomic E-state index is 13.1. The molecule has 0 saturated carbocycles. The van der Waals surface area contributed by atoms with Gasteiger partial charge in [0.05, 0.1) is 11.3 Å². The minimum absolute atomic E-state index is 0.271. The third-order valence-electron chi connectivity index (χ3n) is 1.58. The van der Waals surface area contributed by atoms with Gasteiger partial charge in [0.15, 0.2) is 5.82 Å². The molecule has 1 heterocycles. The van der Waals surface area contributed by atoms with Gasteiger partial charge in [0.1, 0.15) is 5.69 Å². The lowest BCUT2D eigenvalue weighted by Gasteiger charge is -2.04. The third kappa shape index (κ3) is 2.04. The van der Waals surface area contributed by atoms with Crippen LogP contribution in [-0.2, 0) is 0 Å². The monoisotopic (exact) mass is 223 g/mol. The number of aryl methyl sites for hydroxylation is 1. The van der Waals surface area contributed by atoms with Crippen LogP contribution in [0.5, 0.6) is 0 Å². The lowest BCUT2D eigenvalue weighted by Crippen LogP contribution is -2.03. The maximum absolute atomic E-state index is 13.1. The fraction of sp³-hybridized carbons (Fsp3) is 0.250. The number of hydrogen-bond donors (Lipinski definition) is 0. The summed E-state index contributed by atoms with van der Waals surface area (Å²) in [5, 5.41) is -1.12. The van der Waals surface area contributed by atoms with Crippen LogP contribution in [-0.4, -0.2) is 10.2 Å². The second-order valence-electron chi connectivity index (χ2n) is 2.57.